The van der Waals surface area contributed by atoms with Crippen LogP contribution in [0.15, 0.2) is 30.3 Å². The molecule has 1 heterocycles. The predicted molar refractivity (Wildman–Crippen MR) is 78.0 cm³/mol. The lowest BCUT2D eigenvalue weighted by Crippen LogP contribution is -2.25. The second kappa shape index (κ2) is 5.96. The first kappa shape index (κ1) is 13.0. The second-order valence-electron chi connectivity index (χ2n) is 4.78. The van der Waals surface area contributed by atoms with Crippen LogP contribution in [0, 0.1) is 6.92 Å². The molecule has 0 N–H and O–H groups in total. The van der Waals surface area contributed by atoms with Gasteiger partial charge in [-0.25, -0.2) is 0 Å². The highest BCUT2D eigenvalue weighted by molar-refractivity contribution is 5.79. The minimum atomic E-state index is 1.03. The molecular formula is C16H22N2. The summed E-state index contributed by atoms with van der Waals surface area (Å²) in [5.41, 5.74) is 3.59. The van der Waals surface area contributed by atoms with Gasteiger partial charge in [-0.3, -0.25) is 4.98 Å². The number of aryl methyl sites for hydroxylation is 1. The van der Waals surface area contributed by atoms with Crippen molar-refractivity contribution < 1.29 is 0 Å². The molecule has 2 nitrogen and oxygen atoms in total. The molecular weight excluding hydrogens is 220 g/mol. The van der Waals surface area contributed by atoms with Gasteiger partial charge in [-0.15, -0.1) is 0 Å². The summed E-state index contributed by atoms with van der Waals surface area (Å²) in [5.74, 6) is 0. The molecule has 0 bridgehead atoms. The van der Waals surface area contributed by atoms with Crippen molar-refractivity contribution in [1.82, 2.24) is 9.88 Å². The molecule has 18 heavy (non-hydrogen) atoms. The Labute approximate surface area is 110 Å². The number of rotatable bonds is 5. The number of pyridine rings is 1. The number of nitrogens with zero attached hydrogens (tertiary/aromatic N) is 2. The van der Waals surface area contributed by atoms with Crippen LogP contribution in [-0.2, 0) is 6.42 Å². The summed E-state index contributed by atoms with van der Waals surface area (Å²) in [7, 11) is 0. The molecule has 96 valence electrons. The van der Waals surface area contributed by atoms with E-state index in [0.29, 0.717) is 0 Å². The van der Waals surface area contributed by atoms with Crippen molar-refractivity contribution in [3.63, 3.8) is 0 Å². The molecule has 0 fully saturated rings. The minimum absolute atomic E-state index is 1.03. The summed E-state index contributed by atoms with van der Waals surface area (Å²) in [6.45, 7) is 9.86. The van der Waals surface area contributed by atoms with Crippen LogP contribution >= 0.6 is 0 Å². The molecule has 0 saturated heterocycles. The summed E-state index contributed by atoms with van der Waals surface area (Å²) < 4.78 is 0. The van der Waals surface area contributed by atoms with Crippen LogP contribution < -0.4 is 0 Å². The first-order chi connectivity index (χ1) is 8.72. The van der Waals surface area contributed by atoms with Crippen LogP contribution in [-0.4, -0.2) is 29.5 Å². The zero-order valence-electron chi connectivity index (χ0n) is 11.6. The molecule has 0 aliphatic rings. The van der Waals surface area contributed by atoms with Crippen LogP contribution in [0.25, 0.3) is 10.9 Å². The van der Waals surface area contributed by atoms with Crippen molar-refractivity contribution in [3.8, 4) is 0 Å². The lowest BCUT2D eigenvalue weighted by atomic mass is 10.1. The van der Waals surface area contributed by atoms with Gasteiger partial charge in [0.2, 0.25) is 0 Å². The Morgan fingerprint density at radius 1 is 1.06 bits per heavy atom. The molecule has 0 radical (unpaired) electrons. The Morgan fingerprint density at radius 2 is 1.83 bits per heavy atom. The number of fused-ring (bicyclic) bond motifs is 1. The molecule has 0 atom stereocenters. The van der Waals surface area contributed by atoms with Gasteiger partial charge in [-0.05, 0) is 38.2 Å². The summed E-state index contributed by atoms with van der Waals surface area (Å²) in [6, 6.07) is 10.8. The van der Waals surface area contributed by atoms with Crippen LogP contribution in [0.1, 0.15) is 25.1 Å². The van der Waals surface area contributed by atoms with Crippen molar-refractivity contribution in [3.05, 3.63) is 41.6 Å². The summed E-state index contributed by atoms with van der Waals surface area (Å²) in [4.78, 5) is 7.16. The number of likely N-dealkylation sites (N-methyl/N-ethyl adjacent to an activating group) is 1. The molecule has 0 saturated carbocycles. The number of aromatic nitrogens is 1. The Kier molecular flexibility index (Phi) is 4.32. The van der Waals surface area contributed by atoms with E-state index in [0.717, 1.165) is 31.6 Å². The van der Waals surface area contributed by atoms with Gasteiger partial charge in [0.1, 0.15) is 0 Å². The predicted octanol–water partition coefficient (Wildman–Crippen LogP) is 3.43. The third-order valence-corrected chi connectivity index (χ3v) is 3.48. The fraction of sp³-hybridized carbons (Fsp3) is 0.438. The van der Waals surface area contributed by atoms with Gasteiger partial charge in [0.25, 0.3) is 0 Å². The molecule has 2 heteroatoms. The molecule has 1 aromatic carbocycles. The fourth-order valence-electron chi connectivity index (χ4n) is 2.24. The quantitative estimate of drug-likeness (QED) is 0.798. The molecule has 0 unspecified atom stereocenters. The van der Waals surface area contributed by atoms with Crippen molar-refractivity contribution in [1.29, 1.82) is 0 Å². The smallest absolute Gasteiger partial charge is 0.0705 e. The van der Waals surface area contributed by atoms with E-state index in [1.54, 1.807) is 0 Å². The van der Waals surface area contributed by atoms with Crippen molar-refractivity contribution >= 4 is 10.9 Å². The van der Waals surface area contributed by atoms with E-state index in [1.807, 2.05) is 0 Å². The monoisotopic (exact) mass is 242 g/mol. The molecule has 0 spiro atoms. The fourth-order valence-corrected chi connectivity index (χ4v) is 2.24. The van der Waals surface area contributed by atoms with Crippen LogP contribution in [0.5, 0.6) is 0 Å². The third kappa shape index (κ3) is 3.08. The molecule has 2 rings (SSSR count). The van der Waals surface area contributed by atoms with Gasteiger partial charge in [0.05, 0.1) is 5.52 Å². The van der Waals surface area contributed by atoms with E-state index in [-0.39, 0.29) is 0 Å². The molecule has 0 aliphatic carbocycles. The highest BCUT2D eigenvalue weighted by atomic mass is 15.1. The molecule has 1 aromatic heterocycles. The van der Waals surface area contributed by atoms with E-state index in [2.05, 4.69) is 56.0 Å². The van der Waals surface area contributed by atoms with E-state index in [1.165, 1.54) is 16.6 Å². The van der Waals surface area contributed by atoms with Gasteiger partial charge < -0.3 is 4.90 Å². The van der Waals surface area contributed by atoms with E-state index in [9.17, 15) is 0 Å². The number of benzene rings is 1. The molecule has 2 aromatic rings. The maximum Gasteiger partial charge on any atom is 0.0705 e. The Morgan fingerprint density at radius 3 is 2.56 bits per heavy atom. The standard InChI is InChI=1S/C16H22N2/c1-4-18(5-2)11-10-15-8-7-14-12-13(3)6-9-16(14)17-15/h6-9,12H,4-5,10-11H2,1-3H3. The molecule has 0 aliphatic heterocycles. The first-order valence-electron chi connectivity index (χ1n) is 6.81. The Hall–Kier alpha value is -1.41. The lowest BCUT2D eigenvalue weighted by molar-refractivity contribution is 0.307. The lowest BCUT2D eigenvalue weighted by Gasteiger charge is -2.17. The van der Waals surface area contributed by atoms with Crippen LogP contribution in [0.2, 0.25) is 0 Å². The van der Waals surface area contributed by atoms with Gasteiger partial charge in [-0.2, -0.15) is 0 Å². The average molecular weight is 242 g/mol. The largest absolute Gasteiger partial charge is 0.303 e. The van der Waals surface area contributed by atoms with E-state index >= 15 is 0 Å². The Balaban J connectivity index is 2.12. The second-order valence-corrected chi connectivity index (χ2v) is 4.78. The van der Waals surface area contributed by atoms with Gasteiger partial charge in [0.15, 0.2) is 0 Å². The highest BCUT2D eigenvalue weighted by Gasteiger charge is 2.02. The van der Waals surface area contributed by atoms with Gasteiger partial charge >= 0.3 is 0 Å². The maximum atomic E-state index is 4.73. The van der Waals surface area contributed by atoms with Crippen molar-refractivity contribution in [2.24, 2.45) is 0 Å². The zero-order chi connectivity index (χ0) is 13.0. The summed E-state index contributed by atoms with van der Waals surface area (Å²) >= 11 is 0. The van der Waals surface area contributed by atoms with E-state index < -0.39 is 0 Å². The summed E-state index contributed by atoms with van der Waals surface area (Å²) in [6.07, 6.45) is 1.03. The SMILES string of the molecule is CCN(CC)CCc1ccc2cc(C)ccc2n1. The van der Waals surface area contributed by atoms with Crippen LogP contribution in [0.3, 0.4) is 0 Å². The Bertz CT molecular complexity index is 515. The normalized spacial score (nSPS) is 11.3. The zero-order valence-corrected chi connectivity index (χ0v) is 11.6. The maximum absolute atomic E-state index is 4.73. The average Bonchev–Trinajstić information content (AvgIpc) is 2.40. The molecule has 0 amide bonds. The highest BCUT2D eigenvalue weighted by Crippen LogP contribution is 2.14. The van der Waals surface area contributed by atoms with Gasteiger partial charge in [0, 0.05) is 24.0 Å². The van der Waals surface area contributed by atoms with Crippen molar-refractivity contribution in [2.45, 2.75) is 27.2 Å². The van der Waals surface area contributed by atoms with E-state index in [4.69, 9.17) is 4.98 Å². The van der Waals surface area contributed by atoms with Crippen molar-refractivity contribution in [2.75, 3.05) is 19.6 Å². The third-order valence-electron chi connectivity index (χ3n) is 3.48. The number of hydrogen-bond donors (Lipinski definition) is 0. The van der Waals surface area contributed by atoms with Crippen LogP contribution in [0.4, 0.5) is 0 Å². The minimum Gasteiger partial charge on any atom is -0.303 e. The summed E-state index contributed by atoms with van der Waals surface area (Å²) in [5, 5.41) is 1.24. The topological polar surface area (TPSA) is 16.1 Å². The number of hydrogen-bond acceptors (Lipinski definition) is 2. The van der Waals surface area contributed by atoms with Gasteiger partial charge in [-0.1, -0.05) is 31.5 Å². The first-order valence-corrected chi connectivity index (χ1v) is 6.81.